The molecule has 10 heavy (non-hydrogen) atoms. The number of hydrogen-bond donors (Lipinski definition) is 1. The number of allylic oxidation sites excluding steroid dienone is 1. The molecule has 0 aliphatic carbocycles. The molecule has 0 saturated carbocycles. The van der Waals surface area contributed by atoms with E-state index in [0.29, 0.717) is 0 Å². The van der Waals surface area contributed by atoms with Crippen molar-refractivity contribution in [1.82, 2.24) is 0 Å². The summed E-state index contributed by atoms with van der Waals surface area (Å²) in [7, 11) is 0. The predicted molar refractivity (Wildman–Crippen MR) is 36.8 cm³/mol. The summed E-state index contributed by atoms with van der Waals surface area (Å²) in [6, 6.07) is 0. The topological polar surface area (TPSA) is 54.4 Å². The van der Waals surface area contributed by atoms with Crippen molar-refractivity contribution in [2.75, 3.05) is 0 Å². The first kappa shape index (κ1) is 9.17. The van der Waals surface area contributed by atoms with Gasteiger partial charge in [-0.3, -0.25) is 9.59 Å². The maximum Gasteiger partial charge on any atom is 0.304 e. The molecule has 0 spiro atoms. The minimum Gasteiger partial charge on any atom is -0.481 e. The third-order valence-corrected chi connectivity index (χ3v) is 1.25. The van der Waals surface area contributed by atoms with Crippen molar-refractivity contribution < 1.29 is 14.7 Å². The van der Waals surface area contributed by atoms with Crippen LogP contribution in [-0.4, -0.2) is 16.3 Å². The maximum absolute atomic E-state index is 10.3. The van der Waals surface area contributed by atoms with E-state index >= 15 is 0 Å². The zero-order valence-electron chi connectivity index (χ0n) is 5.21. The molecule has 0 aromatic rings. The van der Waals surface area contributed by atoms with Gasteiger partial charge in [-0.05, 0) is 11.6 Å². The summed E-state index contributed by atoms with van der Waals surface area (Å²) in [6.45, 7) is 3.27. The Morgan fingerprint density at radius 3 is 2.30 bits per heavy atom. The minimum absolute atomic E-state index is 0.286. The fourth-order valence-corrected chi connectivity index (χ4v) is 0.611. The van der Waals surface area contributed by atoms with E-state index < -0.39 is 17.1 Å². The summed E-state index contributed by atoms with van der Waals surface area (Å²) in [4.78, 5) is 20.4. The van der Waals surface area contributed by atoms with Crippen molar-refractivity contribution in [2.24, 2.45) is 5.92 Å². The van der Waals surface area contributed by atoms with Crippen LogP contribution in [0, 0.1) is 5.92 Å². The molecule has 3 nitrogen and oxygen atoms in total. The zero-order valence-corrected chi connectivity index (χ0v) is 5.97. The van der Waals surface area contributed by atoms with Crippen molar-refractivity contribution in [3.8, 4) is 0 Å². The van der Waals surface area contributed by atoms with Crippen molar-refractivity contribution in [3.05, 3.63) is 12.7 Å². The summed E-state index contributed by atoms with van der Waals surface area (Å²) in [5.74, 6) is -1.82. The van der Waals surface area contributed by atoms with E-state index in [-0.39, 0.29) is 6.42 Å². The molecule has 0 aromatic heterocycles. The van der Waals surface area contributed by atoms with Crippen LogP contribution in [0.3, 0.4) is 0 Å². The van der Waals surface area contributed by atoms with Gasteiger partial charge in [0.25, 0.3) is 0 Å². The van der Waals surface area contributed by atoms with E-state index in [1.807, 2.05) is 0 Å². The molecule has 1 unspecified atom stereocenters. The van der Waals surface area contributed by atoms with E-state index in [1.54, 1.807) is 0 Å². The smallest absolute Gasteiger partial charge is 0.304 e. The second-order valence-electron chi connectivity index (χ2n) is 1.74. The Morgan fingerprint density at radius 2 is 2.20 bits per heavy atom. The molecular formula is C6H7ClO3. The van der Waals surface area contributed by atoms with Crippen molar-refractivity contribution in [1.29, 1.82) is 0 Å². The number of hydrogen-bond acceptors (Lipinski definition) is 2. The molecule has 0 rings (SSSR count). The Hall–Kier alpha value is -0.830. The normalized spacial score (nSPS) is 12.1. The van der Waals surface area contributed by atoms with Crippen molar-refractivity contribution in [3.63, 3.8) is 0 Å². The fraction of sp³-hybridized carbons (Fsp3) is 0.333. The lowest BCUT2D eigenvalue weighted by atomic mass is 10.1. The first-order valence-corrected chi connectivity index (χ1v) is 2.99. The molecule has 0 aliphatic heterocycles. The molecule has 1 atom stereocenters. The Kier molecular flexibility index (Phi) is 3.72. The van der Waals surface area contributed by atoms with Gasteiger partial charge in [0.2, 0.25) is 5.24 Å². The van der Waals surface area contributed by atoms with Gasteiger partial charge in [0, 0.05) is 0 Å². The Bertz CT molecular complexity index is 164. The maximum atomic E-state index is 10.3. The highest BCUT2D eigenvalue weighted by Crippen LogP contribution is 2.07. The summed E-state index contributed by atoms with van der Waals surface area (Å²) in [6.07, 6.45) is 0.940. The van der Waals surface area contributed by atoms with E-state index in [4.69, 9.17) is 16.7 Å². The van der Waals surface area contributed by atoms with Gasteiger partial charge in [0.05, 0.1) is 12.3 Å². The summed E-state index contributed by atoms with van der Waals surface area (Å²) in [5.41, 5.74) is 0. The molecule has 0 bridgehead atoms. The largest absolute Gasteiger partial charge is 0.481 e. The van der Waals surface area contributed by atoms with Crippen LogP contribution in [0.2, 0.25) is 0 Å². The highest BCUT2D eigenvalue weighted by molar-refractivity contribution is 6.64. The zero-order chi connectivity index (χ0) is 8.15. The van der Waals surface area contributed by atoms with E-state index in [2.05, 4.69) is 6.58 Å². The molecule has 0 amide bonds. The van der Waals surface area contributed by atoms with E-state index in [1.165, 1.54) is 6.08 Å². The van der Waals surface area contributed by atoms with E-state index in [9.17, 15) is 9.59 Å². The van der Waals surface area contributed by atoms with Crippen molar-refractivity contribution >= 4 is 22.8 Å². The van der Waals surface area contributed by atoms with Crippen LogP contribution in [0.4, 0.5) is 0 Å². The Balaban J connectivity index is 3.96. The van der Waals surface area contributed by atoms with Crippen LogP contribution in [0.25, 0.3) is 0 Å². The van der Waals surface area contributed by atoms with Gasteiger partial charge in [-0.25, -0.2) is 0 Å². The van der Waals surface area contributed by atoms with Gasteiger partial charge in [0.15, 0.2) is 0 Å². The molecule has 0 aromatic carbocycles. The molecule has 0 heterocycles. The van der Waals surface area contributed by atoms with Crippen molar-refractivity contribution in [2.45, 2.75) is 6.42 Å². The van der Waals surface area contributed by atoms with Gasteiger partial charge in [-0.15, -0.1) is 6.58 Å². The summed E-state index contributed by atoms with van der Waals surface area (Å²) in [5, 5.41) is 7.52. The molecule has 0 radical (unpaired) electrons. The van der Waals surface area contributed by atoms with Crippen LogP contribution in [0.15, 0.2) is 12.7 Å². The quantitative estimate of drug-likeness (QED) is 0.496. The molecule has 0 aliphatic rings. The standard InChI is InChI=1S/C6H7ClO3/c1-2-4(6(7)10)3-5(8)9/h2,4H,1,3H2,(H,8,9). The average molecular weight is 163 g/mol. The summed E-state index contributed by atoms with van der Waals surface area (Å²) >= 11 is 5.01. The highest BCUT2D eigenvalue weighted by Gasteiger charge is 2.15. The van der Waals surface area contributed by atoms with Gasteiger partial charge in [-0.2, -0.15) is 0 Å². The van der Waals surface area contributed by atoms with Gasteiger partial charge >= 0.3 is 5.97 Å². The van der Waals surface area contributed by atoms with Crippen LogP contribution in [0.1, 0.15) is 6.42 Å². The molecule has 0 saturated heterocycles. The number of halogens is 1. The first-order valence-electron chi connectivity index (χ1n) is 2.61. The lowest BCUT2D eigenvalue weighted by Crippen LogP contribution is -2.10. The summed E-state index contributed by atoms with van der Waals surface area (Å²) < 4.78 is 0. The predicted octanol–water partition coefficient (Wildman–Crippen LogP) is 1.03. The molecule has 0 fully saturated rings. The number of carboxylic acids is 1. The monoisotopic (exact) mass is 162 g/mol. The Labute approximate surface area is 63.3 Å². The Morgan fingerprint density at radius 1 is 1.70 bits per heavy atom. The number of carbonyl (C=O) groups excluding carboxylic acids is 1. The first-order chi connectivity index (χ1) is 4.57. The van der Waals surface area contributed by atoms with Crippen LogP contribution in [0.5, 0.6) is 0 Å². The number of carbonyl (C=O) groups is 2. The highest BCUT2D eigenvalue weighted by atomic mass is 35.5. The third kappa shape index (κ3) is 3.25. The lowest BCUT2D eigenvalue weighted by molar-refractivity contribution is -0.139. The molecule has 56 valence electrons. The minimum atomic E-state index is -1.06. The van der Waals surface area contributed by atoms with Crippen LogP contribution >= 0.6 is 11.6 Å². The second-order valence-corrected chi connectivity index (χ2v) is 2.12. The van der Waals surface area contributed by atoms with Gasteiger partial charge in [-0.1, -0.05) is 6.08 Å². The number of aliphatic carboxylic acids is 1. The number of rotatable bonds is 4. The average Bonchev–Trinajstić information content (AvgIpc) is 1.81. The molecule has 4 heteroatoms. The fourth-order valence-electron chi connectivity index (χ4n) is 0.444. The number of carboxylic acid groups (broad SMARTS) is 1. The van der Waals surface area contributed by atoms with Crippen LogP contribution < -0.4 is 0 Å². The van der Waals surface area contributed by atoms with Crippen LogP contribution in [-0.2, 0) is 9.59 Å². The molecular weight excluding hydrogens is 156 g/mol. The van der Waals surface area contributed by atoms with E-state index in [0.717, 1.165) is 0 Å². The van der Waals surface area contributed by atoms with Gasteiger partial charge < -0.3 is 5.11 Å². The second kappa shape index (κ2) is 4.06. The van der Waals surface area contributed by atoms with Gasteiger partial charge in [0.1, 0.15) is 0 Å². The SMILES string of the molecule is C=CC(CC(=O)O)C(=O)Cl. The lowest BCUT2D eigenvalue weighted by Gasteiger charge is -2.00. The molecule has 1 N–H and O–H groups in total. The third-order valence-electron chi connectivity index (χ3n) is 0.971.